The summed E-state index contributed by atoms with van der Waals surface area (Å²) in [6, 6.07) is 16.0. The molecule has 0 amide bonds. The van der Waals surface area contributed by atoms with Crippen molar-refractivity contribution in [3.05, 3.63) is 66.0 Å². The molecule has 0 aliphatic carbocycles. The molecule has 0 fully saturated rings. The van der Waals surface area contributed by atoms with Gasteiger partial charge < -0.3 is 10.5 Å². The average Bonchev–Trinajstić information content (AvgIpc) is 3.00. The number of rotatable bonds is 3. The number of anilines is 1. The normalized spacial score (nSPS) is 11.2. The van der Waals surface area contributed by atoms with Gasteiger partial charge in [0.2, 0.25) is 5.95 Å². The smallest absolute Gasteiger partial charge is 0.206 e. The molecule has 4 rings (SSSR count). The van der Waals surface area contributed by atoms with E-state index in [1.807, 2.05) is 47.0 Å². The lowest BCUT2D eigenvalue weighted by molar-refractivity contribution is 0.415. The number of nitrogens with zero attached hydrogens (tertiary/aromatic N) is 3. The van der Waals surface area contributed by atoms with Gasteiger partial charge in [0.05, 0.1) is 18.3 Å². The molecule has 0 aliphatic heterocycles. The van der Waals surface area contributed by atoms with Gasteiger partial charge in [0.25, 0.3) is 0 Å². The lowest BCUT2D eigenvalue weighted by Gasteiger charge is -2.05. The molecule has 0 radical (unpaired) electrons. The summed E-state index contributed by atoms with van der Waals surface area (Å²) in [5.74, 6) is 1.18. The predicted molar refractivity (Wildman–Crippen MR) is 90.7 cm³/mol. The second kappa shape index (κ2) is 5.28. The van der Waals surface area contributed by atoms with Crippen LogP contribution in [0.15, 0.2) is 54.7 Å². The maximum absolute atomic E-state index is 6.09. The summed E-state index contributed by atoms with van der Waals surface area (Å²) in [6.45, 7) is 0. The summed E-state index contributed by atoms with van der Waals surface area (Å²) in [5, 5.41) is 0.958. The number of benzene rings is 2. The summed E-state index contributed by atoms with van der Waals surface area (Å²) in [5.41, 5.74) is 9.88. The molecule has 2 N–H and O–H groups in total. The van der Waals surface area contributed by atoms with Crippen LogP contribution in [0.1, 0.15) is 11.3 Å². The van der Waals surface area contributed by atoms with Crippen LogP contribution in [-0.2, 0) is 6.42 Å². The van der Waals surface area contributed by atoms with Crippen LogP contribution in [0.25, 0.3) is 16.6 Å². The number of nitrogen functional groups attached to an aromatic ring is 1. The van der Waals surface area contributed by atoms with E-state index in [9.17, 15) is 0 Å². The van der Waals surface area contributed by atoms with Crippen LogP contribution in [0.5, 0.6) is 5.75 Å². The number of fused-ring (bicyclic) bond motifs is 3. The van der Waals surface area contributed by atoms with Gasteiger partial charge >= 0.3 is 0 Å². The Morgan fingerprint density at radius 2 is 1.91 bits per heavy atom. The van der Waals surface area contributed by atoms with Gasteiger partial charge in [-0.2, -0.15) is 0 Å². The van der Waals surface area contributed by atoms with E-state index in [0.29, 0.717) is 5.95 Å². The lowest BCUT2D eigenvalue weighted by Crippen LogP contribution is -2.00. The topological polar surface area (TPSA) is 65.4 Å². The SMILES string of the molecule is COc1ccc2c(c1)nc(N)n1cc(Cc3ccccc3)nc21. The number of nitrogens with two attached hydrogens (primary N) is 1. The molecular formula is C18H16N4O. The first kappa shape index (κ1) is 13.6. The molecule has 0 aliphatic rings. The van der Waals surface area contributed by atoms with Crippen LogP contribution in [0, 0.1) is 0 Å². The minimum absolute atomic E-state index is 0.424. The highest BCUT2D eigenvalue weighted by Gasteiger charge is 2.11. The Kier molecular flexibility index (Phi) is 3.12. The number of hydrogen-bond acceptors (Lipinski definition) is 4. The van der Waals surface area contributed by atoms with Gasteiger partial charge in [0.15, 0.2) is 0 Å². The van der Waals surface area contributed by atoms with E-state index in [-0.39, 0.29) is 0 Å². The molecule has 5 nitrogen and oxygen atoms in total. The average molecular weight is 304 g/mol. The standard InChI is InChI=1S/C18H16N4O/c1-23-14-7-8-15-16(10-14)21-18(19)22-11-13(20-17(15)22)9-12-5-3-2-4-6-12/h2-8,10-11H,9H2,1H3,(H2,19,21). The molecular weight excluding hydrogens is 288 g/mol. The van der Waals surface area contributed by atoms with Gasteiger partial charge in [-0.05, 0) is 17.7 Å². The molecule has 5 heteroatoms. The molecule has 0 saturated carbocycles. The zero-order valence-electron chi connectivity index (χ0n) is 12.7. The molecule has 0 atom stereocenters. The van der Waals surface area contributed by atoms with Gasteiger partial charge in [0.1, 0.15) is 11.4 Å². The summed E-state index contributed by atoms with van der Waals surface area (Å²) < 4.78 is 7.09. The Morgan fingerprint density at radius 3 is 2.70 bits per heavy atom. The van der Waals surface area contributed by atoms with E-state index < -0.39 is 0 Å². The first-order valence-corrected chi connectivity index (χ1v) is 7.40. The molecule has 0 unspecified atom stereocenters. The minimum atomic E-state index is 0.424. The zero-order valence-corrected chi connectivity index (χ0v) is 12.7. The van der Waals surface area contributed by atoms with E-state index in [1.165, 1.54) is 5.56 Å². The molecule has 114 valence electrons. The van der Waals surface area contributed by atoms with Crippen molar-refractivity contribution in [2.75, 3.05) is 12.8 Å². The van der Waals surface area contributed by atoms with Crippen molar-refractivity contribution >= 4 is 22.5 Å². The molecule has 0 spiro atoms. The molecule has 0 saturated heterocycles. The number of imidazole rings is 1. The Balaban J connectivity index is 1.87. The highest BCUT2D eigenvalue weighted by Crippen LogP contribution is 2.25. The highest BCUT2D eigenvalue weighted by atomic mass is 16.5. The highest BCUT2D eigenvalue weighted by molar-refractivity contribution is 5.93. The Morgan fingerprint density at radius 1 is 1.09 bits per heavy atom. The van der Waals surface area contributed by atoms with Crippen molar-refractivity contribution in [2.24, 2.45) is 0 Å². The van der Waals surface area contributed by atoms with Crippen molar-refractivity contribution < 1.29 is 4.74 Å². The number of methoxy groups -OCH3 is 1. The second-order valence-corrected chi connectivity index (χ2v) is 5.44. The van der Waals surface area contributed by atoms with Crippen molar-refractivity contribution in [3.63, 3.8) is 0 Å². The predicted octanol–water partition coefficient (Wildman–Crippen LogP) is 3.06. The quantitative estimate of drug-likeness (QED) is 0.632. The Bertz CT molecular complexity index is 992. The third-order valence-corrected chi connectivity index (χ3v) is 3.91. The molecule has 4 aromatic rings. The van der Waals surface area contributed by atoms with Crippen LogP contribution in [-0.4, -0.2) is 21.5 Å². The lowest BCUT2D eigenvalue weighted by atomic mass is 10.1. The Hall–Kier alpha value is -3.08. The van der Waals surface area contributed by atoms with E-state index in [1.54, 1.807) is 7.11 Å². The molecule has 23 heavy (non-hydrogen) atoms. The zero-order chi connectivity index (χ0) is 15.8. The van der Waals surface area contributed by atoms with Gasteiger partial charge in [-0.15, -0.1) is 0 Å². The van der Waals surface area contributed by atoms with Crippen molar-refractivity contribution in [1.29, 1.82) is 0 Å². The van der Waals surface area contributed by atoms with Gasteiger partial charge in [-0.3, -0.25) is 4.40 Å². The Labute approximate surface area is 133 Å². The van der Waals surface area contributed by atoms with Crippen LogP contribution in [0.2, 0.25) is 0 Å². The van der Waals surface area contributed by atoms with E-state index >= 15 is 0 Å². The maximum atomic E-state index is 6.09. The number of hydrogen-bond donors (Lipinski definition) is 1. The first-order chi connectivity index (χ1) is 11.2. The van der Waals surface area contributed by atoms with Crippen molar-refractivity contribution in [2.45, 2.75) is 6.42 Å². The first-order valence-electron chi connectivity index (χ1n) is 7.40. The largest absolute Gasteiger partial charge is 0.497 e. The fraction of sp³-hybridized carbons (Fsp3) is 0.111. The van der Waals surface area contributed by atoms with Crippen molar-refractivity contribution in [1.82, 2.24) is 14.4 Å². The van der Waals surface area contributed by atoms with E-state index in [2.05, 4.69) is 17.1 Å². The third kappa shape index (κ3) is 2.36. The van der Waals surface area contributed by atoms with Gasteiger partial charge in [-0.25, -0.2) is 9.97 Å². The molecule has 2 aromatic carbocycles. The van der Waals surface area contributed by atoms with Gasteiger partial charge in [-0.1, -0.05) is 30.3 Å². The van der Waals surface area contributed by atoms with Crippen LogP contribution >= 0.6 is 0 Å². The summed E-state index contributed by atoms with van der Waals surface area (Å²) in [6.07, 6.45) is 2.72. The number of aromatic nitrogens is 3. The summed E-state index contributed by atoms with van der Waals surface area (Å²) in [7, 11) is 1.64. The minimum Gasteiger partial charge on any atom is -0.497 e. The molecule has 2 aromatic heterocycles. The second-order valence-electron chi connectivity index (χ2n) is 5.44. The fourth-order valence-electron chi connectivity index (χ4n) is 2.78. The number of ether oxygens (including phenoxy) is 1. The van der Waals surface area contributed by atoms with Crippen LogP contribution < -0.4 is 10.5 Å². The van der Waals surface area contributed by atoms with E-state index in [0.717, 1.165) is 34.4 Å². The van der Waals surface area contributed by atoms with E-state index in [4.69, 9.17) is 15.5 Å². The van der Waals surface area contributed by atoms with Gasteiger partial charge in [0, 0.05) is 24.1 Å². The maximum Gasteiger partial charge on any atom is 0.206 e. The fourth-order valence-corrected chi connectivity index (χ4v) is 2.78. The molecule has 0 bridgehead atoms. The summed E-state index contributed by atoms with van der Waals surface area (Å²) >= 11 is 0. The third-order valence-electron chi connectivity index (χ3n) is 3.91. The monoisotopic (exact) mass is 304 g/mol. The molecule has 2 heterocycles. The van der Waals surface area contributed by atoms with Crippen LogP contribution in [0.3, 0.4) is 0 Å². The van der Waals surface area contributed by atoms with Crippen molar-refractivity contribution in [3.8, 4) is 5.75 Å². The summed E-state index contributed by atoms with van der Waals surface area (Å²) in [4.78, 5) is 9.21. The van der Waals surface area contributed by atoms with Crippen LogP contribution in [0.4, 0.5) is 5.95 Å².